The number of amides is 2. The number of hydrogen-bond acceptors (Lipinski definition) is 2. The lowest BCUT2D eigenvalue weighted by Gasteiger charge is -2.17. The molecule has 2 aromatic rings. The minimum absolute atomic E-state index is 0.0118. The lowest BCUT2D eigenvalue weighted by Crippen LogP contribution is -2.33. The fraction of sp³-hybridized carbons (Fsp3) is 0.280. The van der Waals surface area contributed by atoms with Crippen LogP contribution in [0.2, 0.25) is 5.02 Å². The van der Waals surface area contributed by atoms with Crippen LogP contribution in [0.4, 0.5) is 0 Å². The van der Waals surface area contributed by atoms with E-state index in [1.54, 1.807) is 11.0 Å². The number of nitrogens with zero attached hydrogens (tertiary/aromatic N) is 1. The highest BCUT2D eigenvalue weighted by Crippen LogP contribution is 2.24. The average molecular weight is 423 g/mol. The summed E-state index contributed by atoms with van der Waals surface area (Å²) in [5, 5.41) is 3.64. The van der Waals surface area contributed by atoms with Gasteiger partial charge >= 0.3 is 0 Å². The highest BCUT2D eigenvalue weighted by molar-refractivity contribution is 6.31. The van der Waals surface area contributed by atoms with Crippen molar-refractivity contribution in [1.29, 1.82) is 0 Å². The van der Waals surface area contributed by atoms with Crippen molar-refractivity contribution in [1.82, 2.24) is 10.2 Å². The Balaban J connectivity index is 1.54. The first-order valence-corrected chi connectivity index (χ1v) is 10.5. The maximum absolute atomic E-state index is 12.6. The van der Waals surface area contributed by atoms with Gasteiger partial charge in [0, 0.05) is 31.1 Å². The number of benzene rings is 2. The van der Waals surface area contributed by atoms with Gasteiger partial charge in [0.05, 0.1) is 5.92 Å². The maximum atomic E-state index is 12.6. The first-order valence-electron chi connectivity index (χ1n) is 10.2. The monoisotopic (exact) mass is 422 g/mol. The van der Waals surface area contributed by atoms with Crippen molar-refractivity contribution >= 4 is 29.0 Å². The van der Waals surface area contributed by atoms with Crippen LogP contribution >= 0.6 is 11.6 Å². The van der Waals surface area contributed by atoms with E-state index in [4.69, 9.17) is 11.6 Å². The SMILES string of the molecule is C=C/C=C(/CCNC(=O)C1CC(=O)N(Cc2ccccc2Cl)C1)c1ccccc1C. The summed E-state index contributed by atoms with van der Waals surface area (Å²) < 4.78 is 0. The molecule has 2 aromatic carbocycles. The summed E-state index contributed by atoms with van der Waals surface area (Å²) in [4.78, 5) is 26.7. The number of rotatable bonds is 8. The molecule has 0 saturated carbocycles. The molecule has 30 heavy (non-hydrogen) atoms. The molecule has 0 bridgehead atoms. The van der Waals surface area contributed by atoms with E-state index in [2.05, 4.69) is 31.0 Å². The molecular weight excluding hydrogens is 396 g/mol. The van der Waals surface area contributed by atoms with Crippen LogP contribution in [0.5, 0.6) is 0 Å². The number of nitrogens with one attached hydrogen (secondary N) is 1. The van der Waals surface area contributed by atoms with Crippen LogP contribution in [0.15, 0.2) is 67.3 Å². The van der Waals surface area contributed by atoms with Crippen LogP contribution in [0.1, 0.15) is 29.5 Å². The Bertz CT molecular complexity index is 967. The largest absolute Gasteiger partial charge is 0.355 e. The van der Waals surface area contributed by atoms with Crippen molar-refractivity contribution in [3.8, 4) is 0 Å². The van der Waals surface area contributed by atoms with Crippen molar-refractivity contribution in [3.05, 3.63) is 89.0 Å². The zero-order valence-corrected chi connectivity index (χ0v) is 18.0. The van der Waals surface area contributed by atoms with Gasteiger partial charge < -0.3 is 10.2 Å². The first kappa shape index (κ1) is 21.8. The van der Waals surface area contributed by atoms with Crippen LogP contribution < -0.4 is 5.32 Å². The predicted molar refractivity (Wildman–Crippen MR) is 122 cm³/mol. The van der Waals surface area contributed by atoms with E-state index < -0.39 is 0 Å². The second-order valence-corrected chi connectivity index (χ2v) is 7.96. The Morgan fingerprint density at radius 1 is 1.23 bits per heavy atom. The van der Waals surface area contributed by atoms with Crippen molar-refractivity contribution in [3.63, 3.8) is 0 Å². The molecule has 3 rings (SSSR count). The summed E-state index contributed by atoms with van der Waals surface area (Å²) in [5.74, 6) is -0.416. The molecule has 1 saturated heterocycles. The molecule has 1 fully saturated rings. The van der Waals surface area contributed by atoms with Gasteiger partial charge in [-0.1, -0.05) is 72.8 Å². The normalized spacial score (nSPS) is 16.6. The highest BCUT2D eigenvalue weighted by Gasteiger charge is 2.34. The van der Waals surface area contributed by atoms with Crippen LogP contribution in [0.25, 0.3) is 5.57 Å². The van der Waals surface area contributed by atoms with Gasteiger partial charge in [-0.05, 0) is 41.7 Å². The molecule has 0 spiro atoms. The first-order chi connectivity index (χ1) is 14.5. The zero-order valence-electron chi connectivity index (χ0n) is 17.2. The Morgan fingerprint density at radius 3 is 2.70 bits per heavy atom. The summed E-state index contributed by atoms with van der Waals surface area (Å²) in [6.45, 7) is 7.24. The van der Waals surface area contributed by atoms with Gasteiger partial charge in [0.25, 0.3) is 0 Å². The molecule has 2 amide bonds. The minimum atomic E-state index is -0.328. The molecule has 0 aromatic heterocycles. The third-order valence-electron chi connectivity index (χ3n) is 5.41. The third kappa shape index (κ3) is 5.39. The fourth-order valence-electron chi connectivity index (χ4n) is 3.78. The van der Waals surface area contributed by atoms with Gasteiger partial charge in [-0.25, -0.2) is 0 Å². The summed E-state index contributed by atoms with van der Waals surface area (Å²) in [6, 6.07) is 15.6. The van der Waals surface area contributed by atoms with Gasteiger partial charge in [0.2, 0.25) is 11.8 Å². The van der Waals surface area contributed by atoms with Crippen LogP contribution in [0.3, 0.4) is 0 Å². The fourth-order valence-corrected chi connectivity index (χ4v) is 3.98. The Morgan fingerprint density at radius 2 is 1.97 bits per heavy atom. The van der Waals surface area contributed by atoms with Crippen LogP contribution in [-0.2, 0) is 16.1 Å². The standard InChI is InChI=1S/C25H27ClN2O2/c1-3-8-19(22-11-6-4-9-18(22)2)13-14-27-25(30)21-15-24(29)28(17-21)16-20-10-5-7-12-23(20)26/h3-12,21H,1,13-17H2,2H3,(H,27,30)/b19-8-. The molecule has 1 heterocycles. The van der Waals surface area contributed by atoms with Crippen molar-refractivity contribution in [2.24, 2.45) is 5.92 Å². The summed E-state index contributed by atoms with van der Waals surface area (Å²) in [7, 11) is 0. The molecule has 1 unspecified atom stereocenters. The number of carbonyl (C=O) groups excluding carboxylic acids is 2. The van der Waals surface area contributed by atoms with Crippen molar-refractivity contribution < 1.29 is 9.59 Å². The smallest absolute Gasteiger partial charge is 0.225 e. The molecule has 156 valence electrons. The second-order valence-electron chi connectivity index (χ2n) is 7.55. The van der Waals surface area contributed by atoms with E-state index in [9.17, 15) is 9.59 Å². The van der Waals surface area contributed by atoms with E-state index in [1.807, 2.05) is 42.5 Å². The third-order valence-corrected chi connectivity index (χ3v) is 5.78. The van der Waals surface area contributed by atoms with Gasteiger partial charge in [-0.3, -0.25) is 9.59 Å². The number of allylic oxidation sites excluding steroid dienone is 2. The van der Waals surface area contributed by atoms with Gasteiger partial charge in [0.1, 0.15) is 0 Å². The minimum Gasteiger partial charge on any atom is -0.355 e. The molecule has 5 heteroatoms. The van der Waals surface area contributed by atoms with Gasteiger partial charge in [-0.2, -0.15) is 0 Å². The van der Waals surface area contributed by atoms with Gasteiger partial charge in [0.15, 0.2) is 0 Å². The van der Waals surface area contributed by atoms with Gasteiger partial charge in [-0.15, -0.1) is 0 Å². The molecule has 1 aliphatic rings. The van der Waals surface area contributed by atoms with E-state index >= 15 is 0 Å². The van der Waals surface area contributed by atoms with Crippen molar-refractivity contribution in [2.45, 2.75) is 26.3 Å². The Hall–Kier alpha value is -2.85. The van der Waals surface area contributed by atoms with Crippen molar-refractivity contribution in [2.75, 3.05) is 13.1 Å². The molecular formula is C25H27ClN2O2. The van der Waals surface area contributed by atoms with Crippen LogP contribution in [-0.4, -0.2) is 29.8 Å². The number of hydrogen-bond donors (Lipinski definition) is 1. The molecule has 1 atom stereocenters. The Labute approximate surface area is 183 Å². The molecule has 0 aliphatic carbocycles. The van der Waals surface area contributed by atoms with E-state index in [0.717, 1.165) is 16.7 Å². The molecule has 0 radical (unpaired) electrons. The number of aryl methyl sites for hydroxylation is 1. The van der Waals surface area contributed by atoms with E-state index in [1.165, 1.54) is 5.56 Å². The Kier molecular flexibility index (Phi) is 7.47. The number of carbonyl (C=O) groups is 2. The van der Waals surface area contributed by atoms with E-state index in [-0.39, 0.29) is 24.2 Å². The second kappa shape index (κ2) is 10.3. The average Bonchev–Trinajstić information content (AvgIpc) is 3.10. The van der Waals surface area contributed by atoms with Crippen LogP contribution in [0, 0.1) is 12.8 Å². The molecule has 1 N–H and O–H groups in total. The molecule has 4 nitrogen and oxygen atoms in total. The maximum Gasteiger partial charge on any atom is 0.225 e. The zero-order chi connectivity index (χ0) is 21.5. The lowest BCUT2D eigenvalue weighted by atomic mass is 9.97. The highest BCUT2D eigenvalue weighted by atomic mass is 35.5. The predicted octanol–water partition coefficient (Wildman–Crippen LogP) is 4.77. The topological polar surface area (TPSA) is 49.4 Å². The molecule has 1 aliphatic heterocycles. The van der Waals surface area contributed by atoms with E-state index in [0.29, 0.717) is 31.1 Å². The number of likely N-dealkylation sites (tertiary alicyclic amines) is 1. The number of halogens is 1. The summed E-state index contributed by atoms with van der Waals surface area (Å²) in [6.07, 6.45) is 4.70. The summed E-state index contributed by atoms with van der Waals surface area (Å²) >= 11 is 6.21. The summed E-state index contributed by atoms with van der Waals surface area (Å²) in [5.41, 5.74) is 4.37. The quantitative estimate of drug-likeness (QED) is 0.623. The lowest BCUT2D eigenvalue weighted by molar-refractivity contribution is -0.129.